The zero-order valence-electron chi connectivity index (χ0n) is 13.5. The van der Waals surface area contributed by atoms with Crippen LogP contribution in [-0.4, -0.2) is 29.1 Å². The normalized spacial score (nSPS) is 11.2. The van der Waals surface area contributed by atoms with Crippen LogP contribution in [0.3, 0.4) is 0 Å². The van der Waals surface area contributed by atoms with Crippen molar-refractivity contribution in [1.82, 2.24) is 15.3 Å². The second-order valence-electron chi connectivity index (χ2n) is 5.84. The zero-order valence-corrected chi connectivity index (χ0v) is 13.5. The molecule has 0 aliphatic heterocycles. The van der Waals surface area contributed by atoms with Crippen molar-refractivity contribution in [3.05, 3.63) is 30.1 Å². The summed E-state index contributed by atoms with van der Waals surface area (Å²) in [6, 6.07) is 0.359. The van der Waals surface area contributed by atoms with Gasteiger partial charge in [0, 0.05) is 36.6 Å². The van der Waals surface area contributed by atoms with Crippen molar-refractivity contribution in [3.8, 4) is 0 Å². The summed E-state index contributed by atoms with van der Waals surface area (Å²) in [6.07, 6.45) is 3.82. The standard InChI is InChI=1S/C16H28N4/c1-7-8-20(13(4)5)16-18-11-15(14(6)19-16)10-17-9-12(2)3/h7,11-13,17H,1,8-10H2,2-6H3. The van der Waals surface area contributed by atoms with E-state index in [-0.39, 0.29) is 0 Å². The number of anilines is 1. The molecule has 1 heterocycles. The molecule has 0 saturated heterocycles. The van der Waals surface area contributed by atoms with Crippen LogP contribution in [-0.2, 0) is 6.54 Å². The first-order valence-corrected chi connectivity index (χ1v) is 7.36. The van der Waals surface area contributed by atoms with Crippen LogP contribution in [0, 0.1) is 12.8 Å². The Hall–Kier alpha value is -1.42. The Morgan fingerprint density at radius 3 is 2.55 bits per heavy atom. The van der Waals surface area contributed by atoms with Gasteiger partial charge in [0.25, 0.3) is 0 Å². The van der Waals surface area contributed by atoms with E-state index in [1.165, 1.54) is 0 Å². The second-order valence-corrected chi connectivity index (χ2v) is 5.84. The van der Waals surface area contributed by atoms with Gasteiger partial charge in [0.05, 0.1) is 0 Å². The fourth-order valence-corrected chi connectivity index (χ4v) is 1.95. The molecule has 0 atom stereocenters. The molecule has 112 valence electrons. The van der Waals surface area contributed by atoms with Gasteiger partial charge in [-0.15, -0.1) is 6.58 Å². The first-order valence-electron chi connectivity index (χ1n) is 7.36. The number of aryl methyl sites for hydroxylation is 1. The molecule has 1 rings (SSSR count). The lowest BCUT2D eigenvalue weighted by Gasteiger charge is -2.25. The summed E-state index contributed by atoms with van der Waals surface area (Å²) < 4.78 is 0. The minimum absolute atomic E-state index is 0.359. The van der Waals surface area contributed by atoms with Gasteiger partial charge in [0.1, 0.15) is 0 Å². The Labute approximate surface area is 123 Å². The molecule has 0 bridgehead atoms. The number of nitrogens with one attached hydrogen (secondary N) is 1. The lowest BCUT2D eigenvalue weighted by molar-refractivity contribution is 0.550. The van der Waals surface area contributed by atoms with Gasteiger partial charge in [-0.05, 0) is 33.2 Å². The Kier molecular flexibility index (Phi) is 6.65. The van der Waals surface area contributed by atoms with Gasteiger partial charge in [-0.3, -0.25) is 0 Å². The molecular weight excluding hydrogens is 248 g/mol. The highest BCUT2D eigenvalue weighted by molar-refractivity contribution is 5.34. The molecule has 4 heteroatoms. The summed E-state index contributed by atoms with van der Waals surface area (Å²) in [5, 5.41) is 3.43. The van der Waals surface area contributed by atoms with Crippen molar-refractivity contribution < 1.29 is 0 Å². The Morgan fingerprint density at radius 1 is 1.35 bits per heavy atom. The van der Waals surface area contributed by atoms with Crippen LogP contribution in [0.1, 0.15) is 39.0 Å². The first kappa shape index (κ1) is 16.6. The summed E-state index contributed by atoms with van der Waals surface area (Å²) in [7, 11) is 0. The fraction of sp³-hybridized carbons (Fsp3) is 0.625. The summed E-state index contributed by atoms with van der Waals surface area (Å²) in [6.45, 7) is 17.1. The van der Waals surface area contributed by atoms with Gasteiger partial charge < -0.3 is 10.2 Å². The van der Waals surface area contributed by atoms with Crippen LogP contribution in [0.5, 0.6) is 0 Å². The molecule has 0 aliphatic rings. The Balaban J connectivity index is 2.78. The van der Waals surface area contributed by atoms with Gasteiger partial charge in [-0.2, -0.15) is 0 Å². The van der Waals surface area contributed by atoms with E-state index in [0.717, 1.165) is 36.8 Å². The van der Waals surface area contributed by atoms with Crippen LogP contribution in [0.25, 0.3) is 0 Å². The quantitative estimate of drug-likeness (QED) is 0.741. The Bertz CT molecular complexity index is 426. The third-order valence-corrected chi connectivity index (χ3v) is 3.14. The maximum Gasteiger partial charge on any atom is 0.226 e. The van der Waals surface area contributed by atoms with E-state index in [1.54, 1.807) is 0 Å². The number of aromatic nitrogens is 2. The van der Waals surface area contributed by atoms with E-state index >= 15 is 0 Å². The van der Waals surface area contributed by atoms with Gasteiger partial charge in [-0.1, -0.05) is 19.9 Å². The predicted molar refractivity (Wildman–Crippen MR) is 86.0 cm³/mol. The largest absolute Gasteiger partial charge is 0.335 e. The predicted octanol–water partition coefficient (Wildman–Crippen LogP) is 2.93. The van der Waals surface area contributed by atoms with Crippen molar-refractivity contribution in [3.63, 3.8) is 0 Å². The SMILES string of the molecule is C=CCN(c1ncc(CNCC(C)C)c(C)n1)C(C)C. The van der Waals surface area contributed by atoms with Crippen LogP contribution in [0.4, 0.5) is 5.95 Å². The van der Waals surface area contributed by atoms with Crippen LogP contribution < -0.4 is 10.2 Å². The monoisotopic (exact) mass is 276 g/mol. The molecule has 0 aliphatic carbocycles. The summed E-state index contributed by atoms with van der Waals surface area (Å²) in [5.74, 6) is 1.43. The van der Waals surface area contributed by atoms with E-state index in [2.05, 4.69) is 54.5 Å². The van der Waals surface area contributed by atoms with Crippen molar-refractivity contribution in [2.24, 2.45) is 5.92 Å². The number of hydrogen-bond acceptors (Lipinski definition) is 4. The molecule has 0 aromatic carbocycles. The lowest BCUT2D eigenvalue weighted by Crippen LogP contribution is -2.32. The molecular formula is C16H28N4. The van der Waals surface area contributed by atoms with Crippen LogP contribution in [0.2, 0.25) is 0 Å². The molecule has 4 nitrogen and oxygen atoms in total. The molecule has 1 aromatic rings. The average Bonchev–Trinajstić information content (AvgIpc) is 2.37. The fourth-order valence-electron chi connectivity index (χ4n) is 1.95. The van der Waals surface area contributed by atoms with Crippen molar-refractivity contribution in [2.45, 2.75) is 47.2 Å². The topological polar surface area (TPSA) is 41.1 Å². The van der Waals surface area contributed by atoms with Crippen molar-refractivity contribution >= 4 is 5.95 Å². The Morgan fingerprint density at radius 2 is 2.05 bits per heavy atom. The molecule has 20 heavy (non-hydrogen) atoms. The lowest BCUT2D eigenvalue weighted by atomic mass is 10.2. The minimum atomic E-state index is 0.359. The van der Waals surface area contributed by atoms with E-state index in [1.807, 2.05) is 19.2 Å². The second kappa shape index (κ2) is 8.00. The molecule has 0 spiro atoms. The van der Waals surface area contributed by atoms with E-state index in [0.29, 0.717) is 12.0 Å². The van der Waals surface area contributed by atoms with Gasteiger partial charge in [0.15, 0.2) is 0 Å². The summed E-state index contributed by atoms with van der Waals surface area (Å²) in [4.78, 5) is 11.3. The number of hydrogen-bond donors (Lipinski definition) is 1. The molecule has 0 radical (unpaired) electrons. The maximum atomic E-state index is 4.64. The molecule has 0 fully saturated rings. The molecule has 1 N–H and O–H groups in total. The van der Waals surface area contributed by atoms with Crippen LogP contribution >= 0.6 is 0 Å². The third-order valence-electron chi connectivity index (χ3n) is 3.14. The van der Waals surface area contributed by atoms with Crippen molar-refractivity contribution in [1.29, 1.82) is 0 Å². The molecule has 1 aromatic heterocycles. The highest BCUT2D eigenvalue weighted by atomic mass is 15.3. The summed E-state index contributed by atoms with van der Waals surface area (Å²) >= 11 is 0. The molecule has 0 unspecified atom stereocenters. The minimum Gasteiger partial charge on any atom is -0.335 e. The zero-order chi connectivity index (χ0) is 15.1. The van der Waals surface area contributed by atoms with Gasteiger partial charge >= 0.3 is 0 Å². The van der Waals surface area contributed by atoms with Gasteiger partial charge in [-0.25, -0.2) is 9.97 Å². The number of rotatable bonds is 8. The van der Waals surface area contributed by atoms with E-state index in [4.69, 9.17) is 0 Å². The van der Waals surface area contributed by atoms with E-state index in [9.17, 15) is 0 Å². The smallest absolute Gasteiger partial charge is 0.226 e. The molecule has 0 saturated carbocycles. The van der Waals surface area contributed by atoms with E-state index < -0.39 is 0 Å². The van der Waals surface area contributed by atoms with Gasteiger partial charge in [0.2, 0.25) is 5.95 Å². The summed E-state index contributed by atoms with van der Waals surface area (Å²) in [5.41, 5.74) is 2.21. The highest BCUT2D eigenvalue weighted by Crippen LogP contribution is 2.14. The number of nitrogens with zero attached hydrogens (tertiary/aromatic N) is 3. The average molecular weight is 276 g/mol. The third kappa shape index (κ3) is 4.93. The first-order chi connectivity index (χ1) is 9.45. The molecule has 0 amide bonds. The highest BCUT2D eigenvalue weighted by Gasteiger charge is 2.13. The maximum absolute atomic E-state index is 4.64. The van der Waals surface area contributed by atoms with Crippen molar-refractivity contribution in [2.75, 3.05) is 18.0 Å². The van der Waals surface area contributed by atoms with Crippen LogP contribution in [0.15, 0.2) is 18.9 Å².